The summed E-state index contributed by atoms with van der Waals surface area (Å²) in [5.74, 6) is 3.54. The van der Waals surface area contributed by atoms with Gasteiger partial charge in [0.05, 0.1) is 13.2 Å². The smallest absolute Gasteiger partial charge is 0.485 e. The lowest BCUT2D eigenvalue weighted by Crippen LogP contribution is -2.31. The number of carbonyl (C=O) groups excluding carboxylic acids is 1. The first-order valence-corrected chi connectivity index (χ1v) is 10.5. The van der Waals surface area contributed by atoms with Gasteiger partial charge in [-0.25, -0.2) is 8.42 Å². The van der Waals surface area contributed by atoms with Crippen LogP contribution in [0.25, 0.3) is 0 Å². The molecule has 5 nitrogen and oxygen atoms in total. The van der Waals surface area contributed by atoms with E-state index in [4.69, 9.17) is 17.7 Å². The zero-order chi connectivity index (χ0) is 17.9. The Balaban J connectivity index is 0.000000515. The maximum Gasteiger partial charge on any atom is 0.485 e. The zero-order valence-corrected chi connectivity index (χ0v) is 14.7. The Kier molecular flexibility index (Phi) is 11.1. The van der Waals surface area contributed by atoms with Gasteiger partial charge in [0.15, 0.2) is 21.7 Å². The van der Waals surface area contributed by atoms with Crippen molar-refractivity contribution < 1.29 is 35.7 Å². The molecule has 1 aliphatic heterocycles. The number of ether oxygens (including phenoxy) is 1. The van der Waals surface area contributed by atoms with Gasteiger partial charge in [-0.1, -0.05) is 26.2 Å². The first-order valence-electron chi connectivity index (χ1n) is 7.33. The van der Waals surface area contributed by atoms with E-state index in [1.165, 1.54) is 19.3 Å². The predicted molar refractivity (Wildman–Crippen MR) is 82.3 cm³/mol. The maximum atomic E-state index is 11.6. The van der Waals surface area contributed by atoms with Gasteiger partial charge < -0.3 is 9.29 Å². The third kappa shape index (κ3) is 11.8. The van der Waals surface area contributed by atoms with Crippen molar-refractivity contribution in [1.29, 1.82) is 0 Å². The summed E-state index contributed by atoms with van der Waals surface area (Å²) in [4.78, 5) is 11.6. The molecule has 0 atom stereocenters. The average Bonchev–Trinajstić information content (AvgIpc) is 2.43. The Labute approximate surface area is 138 Å². The Hall–Kier alpha value is -0.320. The molecular formula is C13H23F3O5S2. The van der Waals surface area contributed by atoms with Gasteiger partial charge in [-0.05, 0) is 17.3 Å². The SMILES string of the molecule is CCCCCCC(=O)C[S+]1CCOCC1.O=S(=O)([O-])C(F)(F)F. The highest BCUT2D eigenvalue weighted by Crippen LogP contribution is 2.20. The first-order chi connectivity index (χ1) is 10.6. The van der Waals surface area contributed by atoms with E-state index in [1.54, 1.807) is 0 Å². The number of Topliss-reactive ketones (excluding diaryl/α,β-unsaturated/α-hetero) is 1. The summed E-state index contributed by atoms with van der Waals surface area (Å²) in [6.07, 6.45) is 5.65. The third-order valence-electron chi connectivity index (χ3n) is 2.99. The molecule has 0 aromatic carbocycles. The van der Waals surface area contributed by atoms with Crippen LogP contribution in [0.3, 0.4) is 0 Å². The Morgan fingerprint density at radius 2 is 1.70 bits per heavy atom. The van der Waals surface area contributed by atoms with E-state index in [2.05, 4.69) is 6.92 Å². The standard InChI is InChI=1S/C12H23O2S.CHF3O3S/c1-2-3-4-5-6-12(13)11-15-9-7-14-8-10-15;2-1(3,4)8(5,6)7/h2-11H2,1H3;(H,5,6,7)/q+1;/p-1. The molecule has 138 valence electrons. The predicted octanol–water partition coefficient (Wildman–Crippen LogP) is 2.23. The highest BCUT2D eigenvalue weighted by atomic mass is 32.2. The van der Waals surface area contributed by atoms with Gasteiger partial charge in [0.1, 0.15) is 11.5 Å². The monoisotopic (exact) mass is 380 g/mol. The van der Waals surface area contributed by atoms with Gasteiger partial charge in [0, 0.05) is 6.42 Å². The topological polar surface area (TPSA) is 83.5 Å². The molecule has 0 saturated carbocycles. The van der Waals surface area contributed by atoms with E-state index < -0.39 is 15.6 Å². The summed E-state index contributed by atoms with van der Waals surface area (Å²) in [6.45, 7) is 3.93. The van der Waals surface area contributed by atoms with Crippen LogP contribution >= 0.6 is 0 Å². The van der Waals surface area contributed by atoms with Gasteiger partial charge in [-0.3, -0.25) is 4.79 Å². The molecule has 0 aliphatic carbocycles. The Bertz CT molecular complexity index is 431. The lowest BCUT2D eigenvalue weighted by atomic mass is 10.1. The Morgan fingerprint density at radius 3 is 2.13 bits per heavy atom. The van der Waals surface area contributed by atoms with E-state index in [0.717, 1.165) is 43.3 Å². The third-order valence-corrected chi connectivity index (χ3v) is 5.78. The molecular weight excluding hydrogens is 357 g/mol. The quantitative estimate of drug-likeness (QED) is 0.293. The number of carbonyl (C=O) groups is 1. The minimum Gasteiger partial charge on any atom is -0.741 e. The number of unbranched alkanes of at least 4 members (excludes halogenated alkanes) is 3. The van der Waals surface area contributed by atoms with Crippen LogP contribution in [-0.2, 0) is 30.5 Å². The van der Waals surface area contributed by atoms with Crippen LogP contribution in [0.1, 0.15) is 39.0 Å². The summed E-state index contributed by atoms with van der Waals surface area (Å²) in [5.41, 5.74) is -5.65. The molecule has 1 fully saturated rings. The molecule has 0 aromatic heterocycles. The largest absolute Gasteiger partial charge is 0.741 e. The van der Waals surface area contributed by atoms with Gasteiger partial charge in [-0.15, -0.1) is 0 Å². The van der Waals surface area contributed by atoms with Crippen molar-refractivity contribution in [3.05, 3.63) is 0 Å². The second-order valence-electron chi connectivity index (χ2n) is 5.03. The number of hydrogen-bond donors (Lipinski definition) is 0. The molecule has 0 spiro atoms. The van der Waals surface area contributed by atoms with Crippen LogP contribution in [0.15, 0.2) is 0 Å². The second kappa shape index (κ2) is 11.3. The normalized spacial score (nSPS) is 16.6. The number of alkyl halides is 3. The van der Waals surface area contributed by atoms with Crippen molar-refractivity contribution in [2.45, 2.75) is 44.5 Å². The summed E-state index contributed by atoms with van der Waals surface area (Å²) in [7, 11) is -5.75. The van der Waals surface area contributed by atoms with Crippen LogP contribution in [0.2, 0.25) is 0 Å². The highest BCUT2D eigenvalue weighted by molar-refractivity contribution is 7.97. The summed E-state index contributed by atoms with van der Waals surface area (Å²) in [5, 5.41) is 0. The number of halogens is 3. The van der Waals surface area contributed by atoms with Gasteiger partial charge >= 0.3 is 5.51 Å². The molecule has 0 amide bonds. The number of rotatable bonds is 7. The van der Waals surface area contributed by atoms with Crippen LogP contribution < -0.4 is 0 Å². The number of hydrogen-bond acceptors (Lipinski definition) is 5. The van der Waals surface area contributed by atoms with Crippen molar-refractivity contribution in [2.24, 2.45) is 0 Å². The molecule has 0 radical (unpaired) electrons. The fourth-order valence-electron chi connectivity index (χ4n) is 1.75. The maximum absolute atomic E-state index is 11.6. The molecule has 0 bridgehead atoms. The van der Waals surface area contributed by atoms with E-state index >= 15 is 0 Å². The van der Waals surface area contributed by atoms with Gasteiger partial charge in [0.25, 0.3) is 0 Å². The first kappa shape index (κ1) is 22.7. The van der Waals surface area contributed by atoms with Gasteiger partial charge in [0.2, 0.25) is 0 Å². The highest BCUT2D eigenvalue weighted by Gasteiger charge is 2.36. The summed E-state index contributed by atoms with van der Waals surface area (Å²) >= 11 is 0. The molecule has 0 unspecified atom stereocenters. The van der Waals surface area contributed by atoms with E-state index in [9.17, 15) is 18.0 Å². The minimum absolute atomic E-state index is 0.344. The molecule has 0 aromatic rings. The fraction of sp³-hybridized carbons (Fsp3) is 0.923. The van der Waals surface area contributed by atoms with E-state index in [1.807, 2.05) is 0 Å². The van der Waals surface area contributed by atoms with E-state index in [-0.39, 0.29) is 0 Å². The number of ketones is 1. The zero-order valence-electron chi connectivity index (χ0n) is 13.1. The Morgan fingerprint density at radius 1 is 1.17 bits per heavy atom. The van der Waals surface area contributed by atoms with Crippen molar-refractivity contribution in [2.75, 3.05) is 30.5 Å². The fourth-order valence-corrected chi connectivity index (χ4v) is 3.55. The van der Waals surface area contributed by atoms with Crippen LogP contribution in [0.4, 0.5) is 13.2 Å². The summed E-state index contributed by atoms with van der Waals surface area (Å²) < 4.78 is 64.2. The molecule has 1 saturated heterocycles. The lowest BCUT2D eigenvalue weighted by Gasteiger charge is -2.13. The van der Waals surface area contributed by atoms with Crippen molar-refractivity contribution in [3.8, 4) is 0 Å². The van der Waals surface area contributed by atoms with Crippen LogP contribution in [-0.4, -0.2) is 54.7 Å². The summed E-state index contributed by atoms with van der Waals surface area (Å²) in [6, 6.07) is 0. The lowest BCUT2D eigenvalue weighted by molar-refractivity contribution is -0.116. The molecule has 1 heterocycles. The van der Waals surface area contributed by atoms with Crippen molar-refractivity contribution in [1.82, 2.24) is 0 Å². The van der Waals surface area contributed by atoms with Crippen LogP contribution in [0.5, 0.6) is 0 Å². The van der Waals surface area contributed by atoms with Gasteiger partial charge in [-0.2, -0.15) is 13.2 Å². The molecule has 1 aliphatic rings. The molecule has 10 heteroatoms. The second-order valence-corrected chi connectivity index (χ2v) is 8.73. The van der Waals surface area contributed by atoms with Crippen molar-refractivity contribution in [3.63, 3.8) is 0 Å². The molecule has 23 heavy (non-hydrogen) atoms. The molecule has 1 rings (SSSR count). The minimum atomic E-state index is -6.09. The van der Waals surface area contributed by atoms with E-state index in [0.29, 0.717) is 16.7 Å². The average molecular weight is 380 g/mol. The van der Waals surface area contributed by atoms with Crippen molar-refractivity contribution >= 4 is 26.8 Å². The van der Waals surface area contributed by atoms with Crippen LogP contribution in [0, 0.1) is 0 Å². The molecule has 0 N–H and O–H groups in total.